The Labute approximate surface area is 174 Å². The number of methoxy groups -OCH3 is 1. The summed E-state index contributed by atoms with van der Waals surface area (Å²) in [7, 11) is 1.29. The maximum Gasteiger partial charge on any atom is 0.346 e. The van der Waals surface area contributed by atoms with Crippen LogP contribution in [0.4, 0.5) is 0 Å². The highest BCUT2D eigenvalue weighted by Crippen LogP contribution is 2.52. The van der Waals surface area contributed by atoms with Gasteiger partial charge in [-0.05, 0) is 55.9 Å². The Morgan fingerprint density at radius 2 is 1.87 bits per heavy atom. The van der Waals surface area contributed by atoms with E-state index in [0.29, 0.717) is 23.7 Å². The number of imide groups is 1. The van der Waals surface area contributed by atoms with E-state index in [2.05, 4.69) is 9.84 Å². The number of fused-ring (bicyclic) bond motifs is 5. The third-order valence-corrected chi connectivity index (χ3v) is 5.87. The van der Waals surface area contributed by atoms with E-state index in [9.17, 15) is 14.4 Å². The molecule has 2 bridgehead atoms. The molecule has 0 spiro atoms. The van der Waals surface area contributed by atoms with Gasteiger partial charge < -0.3 is 14.2 Å². The Morgan fingerprint density at radius 3 is 2.47 bits per heavy atom. The fourth-order valence-corrected chi connectivity index (χ4v) is 4.50. The van der Waals surface area contributed by atoms with Crippen molar-refractivity contribution in [2.24, 2.45) is 28.8 Å². The van der Waals surface area contributed by atoms with Gasteiger partial charge in [-0.25, -0.2) is 4.79 Å². The zero-order valence-electron chi connectivity index (χ0n) is 17.1. The first-order valence-corrected chi connectivity index (χ1v) is 10.1. The zero-order chi connectivity index (χ0) is 21.4. The largest absolute Gasteiger partial charge is 0.490 e. The maximum atomic E-state index is 12.7. The van der Waals surface area contributed by atoms with E-state index in [1.165, 1.54) is 13.3 Å². The third kappa shape index (κ3) is 3.36. The van der Waals surface area contributed by atoms with Crippen molar-refractivity contribution in [1.82, 2.24) is 5.01 Å². The van der Waals surface area contributed by atoms with Crippen LogP contribution in [0.5, 0.6) is 11.5 Å². The van der Waals surface area contributed by atoms with E-state index < -0.39 is 12.1 Å². The summed E-state index contributed by atoms with van der Waals surface area (Å²) >= 11 is 0. The van der Waals surface area contributed by atoms with Crippen molar-refractivity contribution in [3.8, 4) is 11.5 Å². The average Bonchev–Trinajstić information content (AvgIpc) is 3.42. The summed E-state index contributed by atoms with van der Waals surface area (Å²) in [5.74, 6) is -0.400. The number of carbonyl (C=O) groups is 3. The van der Waals surface area contributed by atoms with Crippen LogP contribution in [-0.2, 0) is 19.1 Å². The van der Waals surface area contributed by atoms with Gasteiger partial charge in [-0.2, -0.15) is 10.1 Å². The molecular weight excluding hydrogens is 388 g/mol. The molecule has 0 radical (unpaired) electrons. The molecule has 8 heteroatoms. The molecule has 3 aliphatic rings. The first kappa shape index (κ1) is 20.1. The molecule has 0 aromatic heterocycles. The maximum absolute atomic E-state index is 12.7. The topological polar surface area (TPSA) is 94.5 Å². The number of carbonyl (C=O) groups excluding carboxylic acids is 3. The van der Waals surface area contributed by atoms with Crippen LogP contribution in [0.1, 0.15) is 25.8 Å². The second-order valence-corrected chi connectivity index (χ2v) is 7.66. The van der Waals surface area contributed by atoms with Crippen LogP contribution < -0.4 is 9.47 Å². The van der Waals surface area contributed by atoms with Crippen LogP contribution in [0.2, 0.25) is 0 Å². The molecule has 4 rings (SSSR count). The minimum Gasteiger partial charge on any atom is -0.490 e. The van der Waals surface area contributed by atoms with Gasteiger partial charge in [-0.3, -0.25) is 9.59 Å². The van der Waals surface area contributed by atoms with Crippen molar-refractivity contribution in [1.29, 1.82) is 0 Å². The molecule has 30 heavy (non-hydrogen) atoms. The molecule has 1 aromatic rings. The summed E-state index contributed by atoms with van der Waals surface area (Å²) in [5.41, 5.74) is 0.635. The molecular formula is C22H24N2O6. The van der Waals surface area contributed by atoms with Crippen molar-refractivity contribution in [2.75, 3.05) is 13.7 Å². The SMILES string of the molecule is CCOc1cc(C=NN2C(=O)[C@@H]3[C@H](C2=O)[C@H]2C=C[C@H]3C2)ccc1O[C@H](C)C(=O)OC. The normalized spacial score (nSPS) is 27.6. The molecule has 5 atom stereocenters. The molecule has 0 N–H and O–H groups in total. The number of ether oxygens (including phenoxy) is 3. The summed E-state index contributed by atoms with van der Waals surface area (Å²) in [4.78, 5) is 37.0. The molecule has 1 aliphatic heterocycles. The first-order valence-electron chi connectivity index (χ1n) is 10.1. The number of allylic oxidation sites excluding steroid dienone is 2. The van der Waals surface area contributed by atoms with Gasteiger partial charge in [-0.15, -0.1) is 0 Å². The van der Waals surface area contributed by atoms with Crippen LogP contribution in [0.3, 0.4) is 0 Å². The number of nitrogens with zero attached hydrogens (tertiary/aromatic N) is 2. The van der Waals surface area contributed by atoms with Crippen molar-refractivity contribution >= 4 is 24.0 Å². The number of rotatable bonds is 7. The summed E-state index contributed by atoms with van der Waals surface area (Å²) in [6.07, 6.45) is 5.65. The second-order valence-electron chi connectivity index (χ2n) is 7.66. The quantitative estimate of drug-likeness (QED) is 0.295. The molecule has 1 saturated heterocycles. The van der Waals surface area contributed by atoms with Crippen LogP contribution in [0.25, 0.3) is 0 Å². The molecule has 1 heterocycles. The van der Waals surface area contributed by atoms with Crippen molar-refractivity contribution in [2.45, 2.75) is 26.4 Å². The van der Waals surface area contributed by atoms with Crippen molar-refractivity contribution in [3.63, 3.8) is 0 Å². The van der Waals surface area contributed by atoms with Gasteiger partial charge in [0.2, 0.25) is 0 Å². The van der Waals surface area contributed by atoms with Gasteiger partial charge >= 0.3 is 5.97 Å². The smallest absolute Gasteiger partial charge is 0.346 e. The molecule has 1 saturated carbocycles. The lowest BCUT2D eigenvalue weighted by atomic mass is 9.85. The zero-order valence-corrected chi connectivity index (χ0v) is 17.1. The summed E-state index contributed by atoms with van der Waals surface area (Å²) < 4.78 is 15.9. The minimum absolute atomic E-state index is 0.148. The fraction of sp³-hybridized carbons (Fsp3) is 0.455. The van der Waals surface area contributed by atoms with Gasteiger partial charge in [0, 0.05) is 0 Å². The highest BCUT2D eigenvalue weighted by atomic mass is 16.6. The number of hydrazone groups is 1. The Hall–Kier alpha value is -3.16. The van der Waals surface area contributed by atoms with E-state index in [1.807, 2.05) is 19.1 Å². The van der Waals surface area contributed by atoms with E-state index in [4.69, 9.17) is 9.47 Å². The molecule has 8 nitrogen and oxygen atoms in total. The van der Waals surface area contributed by atoms with Crippen LogP contribution >= 0.6 is 0 Å². The van der Waals surface area contributed by atoms with Gasteiger partial charge in [0.05, 0.1) is 31.8 Å². The molecule has 2 aliphatic carbocycles. The number of benzene rings is 1. The Morgan fingerprint density at radius 1 is 1.20 bits per heavy atom. The lowest BCUT2D eigenvalue weighted by Gasteiger charge is -2.16. The lowest BCUT2D eigenvalue weighted by molar-refractivity contribution is -0.148. The monoisotopic (exact) mass is 412 g/mol. The second kappa shape index (κ2) is 7.93. The number of amides is 2. The fourth-order valence-electron chi connectivity index (χ4n) is 4.50. The van der Waals surface area contributed by atoms with Crippen LogP contribution in [-0.4, -0.2) is 48.8 Å². The molecule has 2 amide bonds. The molecule has 0 unspecified atom stereocenters. The molecule has 2 fully saturated rings. The van der Waals surface area contributed by atoms with Gasteiger partial charge in [0.25, 0.3) is 11.8 Å². The first-order chi connectivity index (χ1) is 14.4. The number of hydrogen-bond donors (Lipinski definition) is 0. The van der Waals surface area contributed by atoms with E-state index in [1.54, 1.807) is 25.1 Å². The van der Waals surface area contributed by atoms with E-state index in [-0.39, 0.29) is 35.5 Å². The van der Waals surface area contributed by atoms with E-state index in [0.717, 1.165) is 11.4 Å². The van der Waals surface area contributed by atoms with Gasteiger partial charge in [0.1, 0.15) is 0 Å². The summed E-state index contributed by atoms with van der Waals surface area (Å²) in [6.45, 7) is 3.81. The summed E-state index contributed by atoms with van der Waals surface area (Å²) in [5, 5.41) is 5.18. The average molecular weight is 412 g/mol. The highest BCUT2D eigenvalue weighted by Gasteiger charge is 2.59. The third-order valence-electron chi connectivity index (χ3n) is 5.87. The standard InChI is InChI=1S/C22H24N2O6/c1-4-29-17-9-13(5-8-16(17)30-12(2)22(27)28-3)11-23-24-20(25)18-14-6-7-15(10-14)19(18)21(24)26/h5-9,11-12,14-15,18-19H,4,10H2,1-3H3/t12-,14+,15+,18-,19+/m1/s1. The predicted octanol–water partition coefficient (Wildman–Crippen LogP) is 2.17. The molecule has 158 valence electrons. The van der Waals surface area contributed by atoms with Crippen molar-refractivity contribution < 1.29 is 28.6 Å². The predicted molar refractivity (Wildman–Crippen MR) is 107 cm³/mol. The van der Waals surface area contributed by atoms with Crippen LogP contribution in [0, 0.1) is 23.7 Å². The van der Waals surface area contributed by atoms with E-state index >= 15 is 0 Å². The van der Waals surface area contributed by atoms with Crippen LogP contribution in [0.15, 0.2) is 35.5 Å². The minimum atomic E-state index is -0.794. The Kier molecular flexibility index (Phi) is 5.32. The Bertz CT molecular complexity index is 910. The van der Waals surface area contributed by atoms with Gasteiger partial charge in [-0.1, -0.05) is 12.2 Å². The lowest BCUT2D eigenvalue weighted by Crippen LogP contribution is -2.28. The highest BCUT2D eigenvalue weighted by molar-refractivity contribution is 6.06. The molecule has 1 aromatic carbocycles. The number of hydrogen-bond acceptors (Lipinski definition) is 7. The Balaban J connectivity index is 1.51. The van der Waals surface area contributed by atoms with Gasteiger partial charge in [0.15, 0.2) is 17.6 Å². The summed E-state index contributed by atoms with van der Waals surface area (Å²) in [6, 6.07) is 5.05. The van der Waals surface area contributed by atoms with Crippen molar-refractivity contribution in [3.05, 3.63) is 35.9 Å². The number of esters is 1.